The molecule has 0 saturated carbocycles. The van der Waals surface area contributed by atoms with Crippen LogP contribution in [-0.4, -0.2) is 55.9 Å². The van der Waals surface area contributed by atoms with Gasteiger partial charge in [0.2, 0.25) is 11.8 Å². The average Bonchev–Trinajstić information content (AvgIpc) is 2.95. The van der Waals surface area contributed by atoms with E-state index < -0.39 is 18.3 Å². The molecule has 1 aliphatic rings. The van der Waals surface area contributed by atoms with E-state index in [1.54, 1.807) is 29.2 Å². The lowest BCUT2D eigenvalue weighted by atomic mass is 9.93. The van der Waals surface area contributed by atoms with Crippen LogP contribution in [0, 0.1) is 0 Å². The molecule has 2 amide bonds. The van der Waals surface area contributed by atoms with Crippen LogP contribution in [0.5, 0.6) is 5.75 Å². The van der Waals surface area contributed by atoms with E-state index in [2.05, 4.69) is 15.4 Å². The van der Waals surface area contributed by atoms with Crippen LogP contribution in [0.25, 0.3) is 0 Å². The highest BCUT2D eigenvalue weighted by Gasteiger charge is 2.31. The highest BCUT2D eigenvalue weighted by molar-refractivity contribution is 6.30. The number of benzene rings is 3. The van der Waals surface area contributed by atoms with Crippen molar-refractivity contribution in [1.82, 2.24) is 10.2 Å². The Kier molecular flexibility index (Phi) is 9.89. The third-order valence-electron chi connectivity index (χ3n) is 6.45. The number of morpholine rings is 1. The topological polar surface area (TPSA) is 79.9 Å². The van der Waals surface area contributed by atoms with Gasteiger partial charge in [0, 0.05) is 36.8 Å². The van der Waals surface area contributed by atoms with E-state index in [-0.39, 0.29) is 30.5 Å². The van der Waals surface area contributed by atoms with Crippen molar-refractivity contribution in [3.8, 4) is 5.75 Å². The number of halogens is 4. The number of hydrogen-bond donors (Lipinski definition) is 2. The molecule has 40 heavy (non-hydrogen) atoms. The number of hydrogen-bond acceptors (Lipinski definition) is 5. The fourth-order valence-electron chi connectivity index (χ4n) is 4.38. The number of amides is 2. The number of rotatable bonds is 10. The zero-order chi connectivity index (χ0) is 28.5. The predicted octanol–water partition coefficient (Wildman–Crippen LogP) is 5.54. The quantitative estimate of drug-likeness (QED) is 0.332. The molecule has 11 heteroatoms. The first-order valence-electron chi connectivity index (χ1n) is 12.7. The van der Waals surface area contributed by atoms with Gasteiger partial charge in [-0.25, -0.2) is 0 Å². The van der Waals surface area contributed by atoms with Crippen molar-refractivity contribution in [3.63, 3.8) is 0 Å². The number of carbonyl (C=O) groups excluding carboxylic acids is 2. The molecule has 2 atom stereocenters. The standard InChI is InChI=1S/C29H29ClF3N3O4/c30-22-8-6-20(7-9-22)25(18-27(37)36-14-16-39-17-15-36)28(38)35-26(21-4-2-1-3-5-21)19-34-23-10-12-24(13-11-23)40-29(31,32)33/h1-13,25-26,34H,14-19H2,(H,35,38). The molecule has 3 aromatic rings. The van der Waals surface area contributed by atoms with Crippen LogP contribution in [0.4, 0.5) is 18.9 Å². The molecule has 4 rings (SSSR count). The summed E-state index contributed by atoms with van der Waals surface area (Å²) in [7, 11) is 0. The lowest BCUT2D eigenvalue weighted by Crippen LogP contribution is -2.43. The molecule has 0 aromatic heterocycles. The summed E-state index contributed by atoms with van der Waals surface area (Å²) < 4.78 is 46.7. The van der Waals surface area contributed by atoms with Gasteiger partial charge in [-0.05, 0) is 47.5 Å². The van der Waals surface area contributed by atoms with Gasteiger partial charge in [-0.15, -0.1) is 13.2 Å². The highest BCUT2D eigenvalue weighted by atomic mass is 35.5. The molecule has 0 aliphatic carbocycles. The maximum atomic E-state index is 13.7. The van der Waals surface area contributed by atoms with Crippen molar-refractivity contribution >= 4 is 29.1 Å². The van der Waals surface area contributed by atoms with Crippen LogP contribution in [-0.2, 0) is 14.3 Å². The monoisotopic (exact) mass is 575 g/mol. The van der Waals surface area contributed by atoms with Gasteiger partial charge in [-0.2, -0.15) is 0 Å². The number of anilines is 1. The molecule has 1 saturated heterocycles. The van der Waals surface area contributed by atoms with Gasteiger partial charge in [0.1, 0.15) is 5.75 Å². The third kappa shape index (κ3) is 8.62. The number of carbonyl (C=O) groups is 2. The summed E-state index contributed by atoms with van der Waals surface area (Å²) in [5.74, 6) is -1.58. The minimum absolute atomic E-state index is 0.0247. The van der Waals surface area contributed by atoms with Crippen molar-refractivity contribution in [2.75, 3.05) is 38.2 Å². The molecular formula is C29H29ClF3N3O4. The molecule has 0 radical (unpaired) electrons. The number of nitrogens with one attached hydrogen (secondary N) is 2. The Hall–Kier alpha value is -3.76. The Balaban J connectivity index is 1.50. The van der Waals surface area contributed by atoms with Crippen LogP contribution in [0.2, 0.25) is 5.02 Å². The summed E-state index contributed by atoms with van der Waals surface area (Å²) >= 11 is 6.07. The first-order chi connectivity index (χ1) is 19.2. The van der Waals surface area contributed by atoms with Crippen LogP contribution >= 0.6 is 11.6 Å². The fourth-order valence-corrected chi connectivity index (χ4v) is 4.50. The zero-order valence-electron chi connectivity index (χ0n) is 21.5. The van der Waals surface area contributed by atoms with Crippen molar-refractivity contribution < 1.29 is 32.2 Å². The molecule has 0 bridgehead atoms. The molecule has 1 aliphatic heterocycles. The Morgan fingerprint density at radius 1 is 0.925 bits per heavy atom. The maximum absolute atomic E-state index is 13.7. The summed E-state index contributed by atoms with van der Waals surface area (Å²) in [5, 5.41) is 6.74. The third-order valence-corrected chi connectivity index (χ3v) is 6.70. The Bertz CT molecular complexity index is 1250. The van der Waals surface area contributed by atoms with Crippen molar-refractivity contribution in [2.24, 2.45) is 0 Å². The molecule has 0 spiro atoms. The van der Waals surface area contributed by atoms with Gasteiger partial charge in [0.25, 0.3) is 0 Å². The first-order valence-corrected chi connectivity index (χ1v) is 13.1. The van der Waals surface area contributed by atoms with Crippen molar-refractivity contribution in [3.05, 3.63) is 95.0 Å². The second-order valence-electron chi connectivity index (χ2n) is 9.23. The predicted molar refractivity (Wildman–Crippen MR) is 145 cm³/mol. The van der Waals surface area contributed by atoms with Gasteiger partial charge in [-0.3, -0.25) is 9.59 Å². The Morgan fingerprint density at radius 2 is 1.57 bits per heavy atom. The largest absolute Gasteiger partial charge is 0.573 e. The van der Waals surface area contributed by atoms with Crippen LogP contribution < -0.4 is 15.4 Å². The molecule has 2 unspecified atom stereocenters. The molecule has 3 aromatic carbocycles. The lowest BCUT2D eigenvalue weighted by Gasteiger charge is -2.29. The number of alkyl halides is 3. The van der Waals surface area contributed by atoms with Gasteiger partial charge in [0.15, 0.2) is 0 Å². The number of nitrogens with zero attached hydrogens (tertiary/aromatic N) is 1. The maximum Gasteiger partial charge on any atom is 0.573 e. The summed E-state index contributed by atoms with van der Waals surface area (Å²) in [5.41, 5.74) is 2.01. The van der Waals surface area contributed by atoms with Gasteiger partial charge >= 0.3 is 6.36 Å². The average molecular weight is 576 g/mol. The van der Waals surface area contributed by atoms with E-state index >= 15 is 0 Å². The normalized spacial score (nSPS) is 15.2. The van der Waals surface area contributed by atoms with Gasteiger partial charge < -0.3 is 25.0 Å². The first kappa shape index (κ1) is 29.2. The smallest absolute Gasteiger partial charge is 0.406 e. The van der Waals surface area contributed by atoms with E-state index in [4.69, 9.17) is 16.3 Å². The van der Waals surface area contributed by atoms with Crippen molar-refractivity contribution in [1.29, 1.82) is 0 Å². The van der Waals surface area contributed by atoms with E-state index in [0.29, 0.717) is 42.6 Å². The Morgan fingerprint density at radius 3 is 2.20 bits per heavy atom. The minimum Gasteiger partial charge on any atom is -0.406 e. The van der Waals surface area contributed by atoms with E-state index in [9.17, 15) is 22.8 Å². The molecule has 7 nitrogen and oxygen atoms in total. The van der Waals surface area contributed by atoms with E-state index in [1.807, 2.05) is 30.3 Å². The summed E-state index contributed by atoms with van der Waals surface area (Å²) in [6, 6.07) is 20.9. The van der Waals surface area contributed by atoms with E-state index in [1.165, 1.54) is 24.3 Å². The van der Waals surface area contributed by atoms with Crippen LogP contribution in [0.3, 0.4) is 0 Å². The SMILES string of the molecule is O=C(NC(CNc1ccc(OC(F)(F)F)cc1)c1ccccc1)C(CC(=O)N1CCOCC1)c1ccc(Cl)cc1. The second kappa shape index (κ2) is 13.5. The van der Waals surface area contributed by atoms with Crippen LogP contribution in [0.1, 0.15) is 29.5 Å². The Labute approximate surface area is 235 Å². The lowest BCUT2D eigenvalue weighted by molar-refractivity contribution is -0.274. The minimum atomic E-state index is -4.78. The van der Waals surface area contributed by atoms with Crippen LogP contribution in [0.15, 0.2) is 78.9 Å². The molecule has 1 heterocycles. The van der Waals surface area contributed by atoms with Gasteiger partial charge in [0.05, 0.1) is 25.2 Å². The molecule has 2 N–H and O–H groups in total. The second-order valence-corrected chi connectivity index (χ2v) is 9.66. The highest BCUT2D eigenvalue weighted by Crippen LogP contribution is 2.27. The van der Waals surface area contributed by atoms with Gasteiger partial charge in [-0.1, -0.05) is 54.1 Å². The van der Waals surface area contributed by atoms with E-state index in [0.717, 1.165) is 5.56 Å². The molecule has 1 fully saturated rings. The summed E-state index contributed by atoms with van der Waals surface area (Å²) in [6.45, 7) is 2.08. The summed E-state index contributed by atoms with van der Waals surface area (Å²) in [6.07, 6.45) is -4.80. The summed E-state index contributed by atoms with van der Waals surface area (Å²) in [4.78, 5) is 28.5. The number of ether oxygens (including phenoxy) is 2. The zero-order valence-corrected chi connectivity index (χ0v) is 22.3. The van der Waals surface area contributed by atoms with Crippen molar-refractivity contribution in [2.45, 2.75) is 24.7 Å². The molecular weight excluding hydrogens is 547 g/mol. The fraction of sp³-hybridized carbons (Fsp3) is 0.310. The molecule has 212 valence electrons.